The summed E-state index contributed by atoms with van der Waals surface area (Å²) in [6.07, 6.45) is -0.939. The van der Waals surface area contributed by atoms with Crippen LogP contribution in [0, 0.1) is 5.41 Å². The molecule has 1 rings (SSSR count). The number of rotatable bonds is 5. The Kier molecular flexibility index (Phi) is 5.30. The summed E-state index contributed by atoms with van der Waals surface area (Å²) < 4.78 is 31.0. The molecule has 0 aliphatic carbocycles. The van der Waals surface area contributed by atoms with Crippen LogP contribution in [0.15, 0.2) is 30.3 Å². The lowest BCUT2D eigenvalue weighted by molar-refractivity contribution is -0.129. The van der Waals surface area contributed by atoms with Gasteiger partial charge in [0.25, 0.3) is 5.91 Å². The number of hydrogen-bond acceptors (Lipinski definition) is 4. The minimum atomic E-state index is -3.68. The van der Waals surface area contributed by atoms with Gasteiger partial charge in [-0.2, -0.15) is 0 Å². The van der Waals surface area contributed by atoms with Crippen LogP contribution in [0.1, 0.15) is 32.4 Å². The average Bonchev–Trinajstić information content (AvgIpc) is 2.27. The van der Waals surface area contributed by atoms with Crippen LogP contribution in [-0.2, 0) is 19.6 Å². The molecule has 0 spiro atoms. The van der Waals surface area contributed by atoms with E-state index in [-0.39, 0.29) is 5.75 Å². The number of benzene rings is 1. The van der Waals surface area contributed by atoms with E-state index in [0.717, 1.165) is 0 Å². The van der Waals surface area contributed by atoms with Crippen molar-refractivity contribution in [2.24, 2.45) is 5.41 Å². The Bertz CT molecular complexity index is 546. The molecule has 1 N–H and O–H groups in total. The van der Waals surface area contributed by atoms with Crippen molar-refractivity contribution in [3.63, 3.8) is 0 Å². The van der Waals surface area contributed by atoms with Crippen LogP contribution in [-0.4, -0.2) is 27.2 Å². The molecule has 1 aromatic rings. The van der Waals surface area contributed by atoms with Crippen molar-refractivity contribution < 1.29 is 17.9 Å². The number of methoxy groups -OCH3 is 1. The topological polar surface area (TPSA) is 72.5 Å². The van der Waals surface area contributed by atoms with E-state index in [1.807, 2.05) is 6.07 Å². The molecule has 0 bridgehead atoms. The summed E-state index contributed by atoms with van der Waals surface area (Å²) in [6, 6.07) is 8.76. The van der Waals surface area contributed by atoms with E-state index in [1.54, 1.807) is 45.0 Å². The van der Waals surface area contributed by atoms with Gasteiger partial charge in [-0.25, -0.2) is 8.42 Å². The van der Waals surface area contributed by atoms with Gasteiger partial charge in [0.15, 0.2) is 6.10 Å². The zero-order valence-electron chi connectivity index (χ0n) is 12.2. The maximum absolute atomic E-state index is 12.1. The van der Waals surface area contributed by atoms with Gasteiger partial charge in [0.05, 0.1) is 5.75 Å². The molecule has 0 saturated carbocycles. The minimum absolute atomic E-state index is 0.128. The van der Waals surface area contributed by atoms with Crippen molar-refractivity contribution in [1.82, 2.24) is 4.72 Å². The normalized spacial score (nSPS) is 13.8. The van der Waals surface area contributed by atoms with Gasteiger partial charge in [-0.1, -0.05) is 51.1 Å². The molecule has 0 unspecified atom stereocenters. The molecule has 0 aliphatic rings. The highest BCUT2D eigenvalue weighted by Crippen LogP contribution is 2.19. The fourth-order valence-electron chi connectivity index (χ4n) is 1.84. The van der Waals surface area contributed by atoms with E-state index in [2.05, 4.69) is 4.72 Å². The molecule has 1 amide bonds. The second-order valence-corrected chi connectivity index (χ2v) is 7.53. The van der Waals surface area contributed by atoms with Gasteiger partial charge >= 0.3 is 0 Å². The van der Waals surface area contributed by atoms with Crippen molar-refractivity contribution in [2.45, 2.75) is 26.9 Å². The van der Waals surface area contributed by atoms with Crippen LogP contribution in [0.5, 0.6) is 0 Å². The predicted molar refractivity (Wildman–Crippen MR) is 77.6 cm³/mol. The molecular formula is C14H21NO4S. The molecule has 112 valence electrons. The Morgan fingerprint density at radius 1 is 1.25 bits per heavy atom. The molecule has 20 heavy (non-hydrogen) atoms. The highest BCUT2D eigenvalue weighted by Gasteiger charge is 2.27. The molecule has 6 heteroatoms. The standard InChI is InChI=1S/C14H21NO4S/c1-14(2,3)10-20(17,18)15-13(16)12(19-4)11-8-6-5-7-9-11/h5-9,12H,10H2,1-4H3,(H,15,16)/t12-/m0/s1. The molecule has 0 radical (unpaired) electrons. The molecule has 0 heterocycles. The van der Waals surface area contributed by atoms with Crippen LogP contribution in [0.2, 0.25) is 0 Å². The zero-order valence-corrected chi connectivity index (χ0v) is 13.0. The molecule has 0 fully saturated rings. The summed E-state index contributed by atoms with van der Waals surface area (Å²) in [4.78, 5) is 12.1. The van der Waals surface area contributed by atoms with Crippen molar-refractivity contribution in [3.05, 3.63) is 35.9 Å². The third-order valence-electron chi connectivity index (χ3n) is 2.46. The number of nitrogens with one attached hydrogen (secondary N) is 1. The van der Waals surface area contributed by atoms with Crippen LogP contribution in [0.4, 0.5) is 0 Å². The number of ether oxygens (including phenoxy) is 1. The molecule has 1 aromatic carbocycles. The van der Waals surface area contributed by atoms with Gasteiger partial charge in [0, 0.05) is 7.11 Å². The third-order valence-corrected chi connectivity index (χ3v) is 4.21. The summed E-state index contributed by atoms with van der Waals surface area (Å²) in [6.45, 7) is 5.38. The fraction of sp³-hybridized carbons (Fsp3) is 0.500. The first-order valence-electron chi connectivity index (χ1n) is 6.27. The Hall–Kier alpha value is -1.40. The van der Waals surface area contributed by atoms with E-state index < -0.39 is 27.4 Å². The van der Waals surface area contributed by atoms with E-state index in [9.17, 15) is 13.2 Å². The molecular weight excluding hydrogens is 278 g/mol. The third kappa shape index (κ3) is 5.30. The van der Waals surface area contributed by atoms with Crippen molar-refractivity contribution in [1.29, 1.82) is 0 Å². The van der Waals surface area contributed by atoms with Crippen molar-refractivity contribution in [2.75, 3.05) is 12.9 Å². The van der Waals surface area contributed by atoms with Gasteiger partial charge in [-0.15, -0.1) is 0 Å². The van der Waals surface area contributed by atoms with Crippen LogP contribution in [0.3, 0.4) is 0 Å². The summed E-state index contributed by atoms with van der Waals surface area (Å²) in [7, 11) is -2.31. The fourth-order valence-corrected chi connectivity index (χ4v) is 3.46. The van der Waals surface area contributed by atoms with Crippen LogP contribution in [0.25, 0.3) is 0 Å². The summed E-state index contributed by atoms with van der Waals surface area (Å²) in [5.41, 5.74) is 0.181. The van der Waals surface area contributed by atoms with Crippen molar-refractivity contribution in [3.8, 4) is 0 Å². The van der Waals surface area contributed by atoms with E-state index in [4.69, 9.17) is 4.74 Å². The summed E-state index contributed by atoms with van der Waals surface area (Å²) in [5, 5.41) is 0. The Labute approximate surface area is 120 Å². The Balaban J connectivity index is 2.84. The quantitative estimate of drug-likeness (QED) is 0.901. The Morgan fingerprint density at radius 3 is 2.25 bits per heavy atom. The first-order valence-corrected chi connectivity index (χ1v) is 7.92. The predicted octanol–water partition coefficient (Wildman–Crippen LogP) is 1.87. The first-order chi connectivity index (χ1) is 9.14. The van der Waals surface area contributed by atoms with E-state index in [0.29, 0.717) is 5.56 Å². The largest absolute Gasteiger partial charge is 0.367 e. The highest BCUT2D eigenvalue weighted by molar-refractivity contribution is 7.90. The number of carbonyl (C=O) groups is 1. The second-order valence-electron chi connectivity index (χ2n) is 5.81. The molecule has 1 atom stereocenters. The number of carbonyl (C=O) groups excluding carboxylic acids is 1. The second kappa shape index (κ2) is 6.37. The number of amides is 1. The molecule has 5 nitrogen and oxygen atoms in total. The lowest BCUT2D eigenvalue weighted by atomic mass is 10.0. The van der Waals surface area contributed by atoms with Gasteiger partial charge in [-0.05, 0) is 11.0 Å². The maximum atomic E-state index is 12.1. The van der Waals surface area contributed by atoms with Crippen LogP contribution >= 0.6 is 0 Å². The van der Waals surface area contributed by atoms with Gasteiger partial charge in [0.1, 0.15) is 0 Å². The first kappa shape index (κ1) is 16.7. The maximum Gasteiger partial charge on any atom is 0.267 e. The number of hydrogen-bond donors (Lipinski definition) is 1. The smallest absolute Gasteiger partial charge is 0.267 e. The lowest BCUT2D eigenvalue weighted by Crippen LogP contribution is -2.39. The molecule has 0 aromatic heterocycles. The van der Waals surface area contributed by atoms with E-state index >= 15 is 0 Å². The Morgan fingerprint density at radius 2 is 1.80 bits per heavy atom. The molecule has 0 aliphatic heterocycles. The average molecular weight is 299 g/mol. The van der Waals surface area contributed by atoms with Gasteiger partial charge < -0.3 is 4.74 Å². The van der Waals surface area contributed by atoms with E-state index in [1.165, 1.54) is 7.11 Å². The monoisotopic (exact) mass is 299 g/mol. The minimum Gasteiger partial charge on any atom is -0.367 e. The highest BCUT2D eigenvalue weighted by atomic mass is 32.2. The summed E-state index contributed by atoms with van der Waals surface area (Å²) >= 11 is 0. The van der Waals surface area contributed by atoms with Crippen LogP contribution < -0.4 is 4.72 Å². The summed E-state index contributed by atoms with van der Waals surface area (Å²) in [5.74, 6) is -0.806. The SMILES string of the molecule is CO[C@H](C(=O)NS(=O)(=O)CC(C)(C)C)c1ccccc1. The van der Waals surface area contributed by atoms with Gasteiger partial charge in [0.2, 0.25) is 10.0 Å². The van der Waals surface area contributed by atoms with Gasteiger partial charge in [-0.3, -0.25) is 9.52 Å². The van der Waals surface area contributed by atoms with Crippen molar-refractivity contribution >= 4 is 15.9 Å². The molecule has 0 saturated heterocycles. The zero-order chi connectivity index (χ0) is 15.4. The number of sulfonamides is 1. The lowest BCUT2D eigenvalue weighted by Gasteiger charge is -2.20.